The van der Waals surface area contributed by atoms with Crippen LogP contribution in [0.3, 0.4) is 0 Å². The van der Waals surface area contributed by atoms with Gasteiger partial charge in [0.25, 0.3) is 0 Å². The summed E-state index contributed by atoms with van der Waals surface area (Å²) in [5.74, 6) is 1.66. The molecule has 3 nitrogen and oxygen atoms in total. The molecular weight excluding hydrogens is 246 g/mol. The number of likely N-dealkylation sites (tertiary alicyclic amines) is 2. The predicted octanol–water partition coefficient (Wildman–Crippen LogP) is 2.43. The topological polar surface area (TPSA) is 18.5 Å². The fraction of sp³-hybridized carbons (Fsp3) is 1.00. The number of hydrogen-bond acceptors (Lipinski definition) is 3. The van der Waals surface area contributed by atoms with Crippen LogP contribution in [-0.4, -0.2) is 62.2 Å². The lowest BCUT2D eigenvalue weighted by Crippen LogP contribution is -2.41. The van der Waals surface area contributed by atoms with Gasteiger partial charge in [-0.05, 0) is 89.8 Å². The van der Waals surface area contributed by atoms with Gasteiger partial charge in [-0.15, -0.1) is 0 Å². The molecule has 20 heavy (non-hydrogen) atoms. The highest BCUT2D eigenvalue weighted by Gasteiger charge is 2.19. The lowest BCUT2D eigenvalue weighted by Gasteiger charge is -2.33. The van der Waals surface area contributed by atoms with E-state index in [1.54, 1.807) is 0 Å². The van der Waals surface area contributed by atoms with Crippen molar-refractivity contribution in [3.05, 3.63) is 0 Å². The number of rotatable bonds is 8. The van der Waals surface area contributed by atoms with Gasteiger partial charge in [-0.2, -0.15) is 0 Å². The normalized spacial score (nSPS) is 25.6. The van der Waals surface area contributed by atoms with Crippen molar-refractivity contribution >= 4 is 0 Å². The first-order valence-corrected chi connectivity index (χ1v) is 8.89. The summed E-state index contributed by atoms with van der Waals surface area (Å²) < 4.78 is 0. The van der Waals surface area contributed by atoms with Crippen LogP contribution in [0, 0.1) is 11.8 Å². The second kappa shape index (κ2) is 9.01. The third kappa shape index (κ3) is 6.11. The summed E-state index contributed by atoms with van der Waals surface area (Å²) in [4.78, 5) is 5.35. The molecule has 0 bridgehead atoms. The molecule has 0 radical (unpaired) electrons. The average molecular weight is 281 g/mol. The first-order valence-electron chi connectivity index (χ1n) is 8.89. The molecule has 2 rings (SSSR count). The molecule has 0 saturated carbocycles. The fourth-order valence-electron chi connectivity index (χ4n) is 3.62. The van der Waals surface area contributed by atoms with E-state index in [9.17, 15) is 0 Å². The third-order valence-electron chi connectivity index (χ3n) is 4.74. The van der Waals surface area contributed by atoms with E-state index < -0.39 is 0 Å². The molecule has 2 fully saturated rings. The Labute approximate surface area is 126 Å². The van der Waals surface area contributed by atoms with Crippen LogP contribution in [-0.2, 0) is 0 Å². The van der Waals surface area contributed by atoms with Gasteiger partial charge in [0, 0.05) is 6.54 Å². The summed E-state index contributed by atoms with van der Waals surface area (Å²) in [6.07, 6.45) is 7.04. The number of hydrogen-bond donors (Lipinski definition) is 1. The summed E-state index contributed by atoms with van der Waals surface area (Å²) in [7, 11) is 0. The summed E-state index contributed by atoms with van der Waals surface area (Å²) >= 11 is 0. The minimum atomic E-state index is 0.773. The first kappa shape index (κ1) is 16.3. The highest BCUT2D eigenvalue weighted by molar-refractivity contribution is 4.75. The van der Waals surface area contributed by atoms with E-state index in [1.807, 2.05) is 0 Å². The molecule has 0 aromatic rings. The lowest BCUT2D eigenvalue weighted by molar-refractivity contribution is 0.163. The zero-order valence-electron chi connectivity index (χ0n) is 13.7. The van der Waals surface area contributed by atoms with Gasteiger partial charge >= 0.3 is 0 Å². The Morgan fingerprint density at radius 2 is 1.70 bits per heavy atom. The van der Waals surface area contributed by atoms with Crippen LogP contribution < -0.4 is 5.32 Å². The highest BCUT2D eigenvalue weighted by atomic mass is 15.2. The molecular formula is C17H35N3. The molecule has 1 unspecified atom stereocenters. The standard InChI is InChI=1S/C17H35N3/c1-16(2)13-18-14-17-7-5-10-20(15-17)12-6-11-19-8-3-4-9-19/h16-18H,3-15H2,1-2H3. The van der Waals surface area contributed by atoms with Crippen LogP contribution in [0.5, 0.6) is 0 Å². The van der Waals surface area contributed by atoms with Crippen LogP contribution in [0.1, 0.15) is 46.0 Å². The molecule has 2 aliphatic heterocycles. The summed E-state index contributed by atoms with van der Waals surface area (Å²) in [6, 6.07) is 0. The zero-order chi connectivity index (χ0) is 14.2. The van der Waals surface area contributed by atoms with Crippen molar-refractivity contribution in [2.45, 2.75) is 46.0 Å². The van der Waals surface area contributed by atoms with Crippen molar-refractivity contribution in [3.63, 3.8) is 0 Å². The Bertz CT molecular complexity index is 249. The molecule has 0 aliphatic carbocycles. The van der Waals surface area contributed by atoms with Crippen molar-refractivity contribution in [1.82, 2.24) is 15.1 Å². The Morgan fingerprint density at radius 1 is 1.00 bits per heavy atom. The Balaban J connectivity index is 1.55. The Kier molecular flexibility index (Phi) is 7.32. The summed E-state index contributed by atoms with van der Waals surface area (Å²) in [5.41, 5.74) is 0. The third-order valence-corrected chi connectivity index (χ3v) is 4.74. The molecule has 2 aliphatic rings. The van der Waals surface area contributed by atoms with E-state index in [4.69, 9.17) is 0 Å². The Morgan fingerprint density at radius 3 is 2.45 bits per heavy atom. The van der Waals surface area contributed by atoms with Crippen molar-refractivity contribution in [3.8, 4) is 0 Å². The quantitative estimate of drug-likeness (QED) is 0.737. The molecule has 2 saturated heterocycles. The maximum atomic E-state index is 3.64. The van der Waals surface area contributed by atoms with E-state index in [2.05, 4.69) is 29.0 Å². The van der Waals surface area contributed by atoms with Gasteiger partial charge in [0.2, 0.25) is 0 Å². The van der Waals surface area contributed by atoms with Crippen LogP contribution in [0.2, 0.25) is 0 Å². The van der Waals surface area contributed by atoms with E-state index in [1.165, 1.54) is 84.5 Å². The molecule has 0 aromatic heterocycles. The van der Waals surface area contributed by atoms with Crippen LogP contribution in [0.4, 0.5) is 0 Å². The number of piperidine rings is 1. The molecule has 3 heteroatoms. The smallest absolute Gasteiger partial charge is 0.00218 e. The molecule has 0 aromatic carbocycles. The van der Waals surface area contributed by atoms with Gasteiger partial charge in [0.05, 0.1) is 0 Å². The molecule has 0 spiro atoms. The molecule has 1 N–H and O–H groups in total. The van der Waals surface area contributed by atoms with Crippen molar-refractivity contribution in [2.24, 2.45) is 11.8 Å². The fourth-order valence-corrected chi connectivity index (χ4v) is 3.62. The lowest BCUT2D eigenvalue weighted by atomic mass is 9.97. The van der Waals surface area contributed by atoms with Gasteiger partial charge in [-0.1, -0.05) is 13.8 Å². The zero-order valence-corrected chi connectivity index (χ0v) is 13.7. The minimum Gasteiger partial charge on any atom is -0.316 e. The van der Waals surface area contributed by atoms with Gasteiger partial charge in [0.15, 0.2) is 0 Å². The maximum Gasteiger partial charge on any atom is 0.00218 e. The number of nitrogens with one attached hydrogen (secondary N) is 1. The van der Waals surface area contributed by atoms with E-state index in [0.717, 1.165) is 11.8 Å². The van der Waals surface area contributed by atoms with E-state index in [0.29, 0.717) is 0 Å². The largest absolute Gasteiger partial charge is 0.316 e. The first-order chi connectivity index (χ1) is 9.74. The van der Waals surface area contributed by atoms with E-state index in [-0.39, 0.29) is 0 Å². The monoisotopic (exact) mass is 281 g/mol. The number of nitrogens with zero attached hydrogens (tertiary/aromatic N) is 2. The van der Waals surface area contributed by atoms with Crippen LogP contribution >= 0.6 is 0 Å². The minimum absolute atomic E-state index is 0.773. The maximum absolute atomic E-state index is 3.64. The van der Waals surface area contributed by atoms with Crippen molar-refractivity contribution in [2.75, 3.05) is 52.4 Å². The van der Waals surface area contributed by atoms with Gasteiger partial charge in [-0.25, -0.2) is 0 Å². The van der Waals surface area contributed by atoms with Crippen LogP contribution in [0.15, 0.2) is 0 Å². The van der Waals surface area contributed by atoms with Crippen molar-refractivity contribution in [1.29, 1.82) is 0 Å². The molecule has 0 amide bonds. The Hall–Kier alpha value is -0.120. The van der Waals surface area contributed by atoms with Gasteiger partial charge in [0.1, 0.15) is 0 Å². The van der Waals surface area contributed by atoms with E-state index >= 15 is 0 Å². The SMILES string of the molecule is CC(C)CNCC1CCCN(CCCN2CCCC2)C1. The highest BCUT2D eigenvalue weighted by Crippen LogP contribution is 2.16. The average Bonchev–Trinajstić information content (AvgIpc) is 2.92. The molecule has 2 heterocycles. The summed E-state index contributed by atoms with van der Waals surface area (Å²) in [5, 5.41) is 3.64. The summed E-state index contributed by atoms with van der Waals surface area (Å²) in [6.45, 7) is 15.0. The molecule has 118 valence electrons. The van der Waals surface area contributed by atoms with Crippen LogP contribution in [0.25, 0.3) is 0 Å². The second-order valence-corrected chi connectivity index (χ2v) is 7.26. The second-order valence-electron chi connectivity index (χ2n) is 7.26. The van der Waals surface area contributed by atoms with Gasteiger partial charge < -0.3 is 15.1 Å². The molecule has 1 atom stereocenters. The van der Waals surface area contributed by atoms with Gasteiger partial charge in [-0.3, -0.25) is 0 Å². The predicted molar refractivity (Wildman–Crippen MR) is 87.2 cm³/mol. The van der Waals surface area contributed by atoms with Crippen molar-refractivity contribution < 1.29 is 0 Å².